The second kappa shape index (κ2) is 22.1. The molecule has 2 aromatic rings. The van der Waals surface area contributed by atoms with Gasteiger partial charge in [-0.2, -0.15) is 4.98 Å². The van der Waals surface area contributed by atoms with Gasteiger partial charge in [-0.1, -0.05) is 103 Å². The number of amides is 1. The summed E-state index contributed by atoms with van der Waals surface area (Å²) in [5, 5.41) is 12.9. The summed E-state index contributed by atoms with van der Waals surface area (Å²) in [6, 6.07) is 2.72. The van der Waals surface area contributed by atoms with Crippen LogP contribution < -0.4 is 25.2 Å². The maximum absolute atomic E-state index is 15.2. The van der Waals surface area contributed by atoms with Crippen LogP contribution in [0.2, 0.25) is 0 Å². The molecule has 3 atom stereocenters. The average Bonchev–Trinajstić information content (AvgIpc) is 3.41. The van der Waals surface area contributed by atoms with Crippen LogP contribution in [-0.4, -0.2) is 66.7 Å². The predicted molar refractivity (Wildman–Crippen MR) is 192 cm³/mol. The summed E-state index contributed by atoms with van der Waals surface area (Å²) in [6.45, 7) is 5.78. The van der Waals surface area contributed by atoms with Crippen LogP contribution in [-0.2, 0) is 14.3 Å². The van der Waals surface area contributed by atoms with Gasteiger partial charge < -0.3 is 34.1 Å². The fourth-order valence-electron chi connectivity index (χ4n) is 6.07. The van der Waals surface area contributed by atoms with Gasteiger partial charge in [-0.15, -0.1) is 0 Å². The Bertz CT molecular complexity index is 1460. The van der Waals surface area contributed by atoms with Gasteiger partial charge in [0, 0.05) is 17.6 Å². The first-order valence-electron chi connectivity index (χ1n) is 18.2. The van der Waals surface area contributed by atoms with Crippen molar-refractivity contribution in [1.82, 2.24) is 9.55 Å². The Morgan fingerprint density at radius 3 is 1.94 bits per heavy atom. The van der Waals surface area contributed by atoms with E-state index in [0.717, 1.165) is 30.0 Å². The number of aliphatic hydroxyl groups is 1. The summed E-state index contributed by atoms with van der Waals surface area (Å²) in [4.78, 5) is 41.9. The molecule has 1 fully saturated rings. The number of benzene rings is 1. The van der Waals surface area contributed by atoms with Crippen LogP contribution in [0.1, 0.15) is 126 Å². The van der Waals surface area contributed by atoms with Crippen molar-refractivity contribution in [2.45, 2.75) is 128 Å². The second-order valence-electron chi connectivity index (χ2n) is 12.9. The van der Waals surface area contributed by atoms with Crippen LogP contribution in [0.4, 0.5) is 10.2 Å². The monoisotopic (exact) mass is 717 g/mol. The number of hydrogen-bond acceptors (Lipinski definition) is 10. The first-order chi connectivity index (χ1) is 24.6. The third-order valence-electron chi connectivity index (χ3n) is 9.06. The lowest BCUT2D eigenvalue weighted by molar-refractivity contribution is -0.150. The van der Waals surface area contributed by atoms with E-state index in [9.17, 15) is 19.5 Å². The second-order valence-corrected chi connectivity index (χ2v) is 12.9. The molecule has 13 heteroatoms. The minimum atomic E-state index is -1.28. The zero-order valence-corrected chi connectivity index (χ0v) is 30.7. The minimum absolute atomic E-state index is 0.0301. The summed E-state index contributed by atoms with van der Waals surface area (Å²) in [5.74, 6) is -2.20. The molecule has 1 aromatic heterocycles. The molecule has 1 aliphatic heterocycles. The Labute approximate surface area is 300 Å². The van der Waals surface area contributed by atoms with Crippen LogP contribution >= 0.6 is 0 Å². The Kier molecular flexibility index (Phi) is 17.9. The number of anilines is 1. The maximum atomic E-state index is 15.2. The van der Waals surface area contributed by atoms with Crippen LogP contribution in [0.3, 0.4) is 0 Å². The van der Waals surface area contributed by atoms with E-state index in [4.69, 9.17) is 23.7 Å². The van der Waals surface area contributed by atoms with E-state index < -0.39 is 47.6 Å². The molecule has 1 amide bonds. The first-order valence-corrected chi connectivity index (χ1v) is 18.2. The molecule has 0 radical (unpaired) electrons. The summed E-state index contributed by atoms with van der Waals surface area (Å²) < 4.78 is 42.8. The molecular formula is C38H56FN3O9. The summed E-state index contributed by atoms with van der Waals surface area (Å²) in [6.07, 6.45) is 15.9. The van der Waals surface area contributed by atoms with Crippen molar-refractivity contribution in [2.75, 3.05) is 33.3 Å². The number of nitrogens with zero attached hydrogens (tertiary/aromatic N) is 2. The molecule has 3 rings (SSSR count). The van der Waals surface area contributed by atoms with Crippen molar-refractivity contribution in [1.29, 1.82) is 0 Å². The molecule has 1 aromatic carbocycles. The summed E-state index contributed by atoms with van der Waals surface area (Å²) >= 11 is 0. The fourth-order valence-corrected chi connectivity index (χ4v) is 6.07. The molecular weight excluding hydrogens is 661 g/mol. The normalized spacial score (nSPS) is 17.0. The van der Waals surface area contributed by atoms with Crippen LogP contribution in [0.5, 0.6) is 17.2 Å². The Morgan fingerprint density at radius 2 is 1.43 bits per heavy atom. The van der Waals surface area contributed by atoms with Gasteiger partial charge in [0.05, 0.1) is 27.5 Å². The summed E-state index contributed by atoms with van der Waals surface area (Å²) in [5.41, 5.74) is -0.876. The Hall–Kier alpha value is -3.97. The first kappa shape index (κ1) is 41.5. The number of rotatable bonds is 24. The number of esters is 1. The van der Waals surface area contributed by atoms with Gasteiger partial charge in [0.1, 0.15) is 18.8 Å². The van der Waals surface area contributed by atoms with Gasteiger partial charge in [0.25, 0.3) is 5.91 Å². The van der Waals surface area contributed by atoms with E-state index in [1.54, 1.807) is 0 Å². The van der Waals surface area contributed by atoms with Gasteiger partial charge >= 0.3 is 11.7 Å². The molecule has 0 aliphatic carbocycles. The molecule has 284 valence electrons. The highest BCUT2D eigenvalue weighted by Gasteiger charge is 2.40. The van der Waals surface area contributed by atoms with E-state index in [-0.39, 0.29) is 41.4 Å². The maximum Gasteiger partial charge on any atom is 0.352 e. The number of methoxy groups -OCH3 is 3. The van der Waals surface area contributed by atoms with E-state index in [1.807, 2.05) is 0 Å². The molecule has 0 spiro atoms. The predicted octanol–water partition coefficient (Wildman–Crippen LogP) is 7.28. The number of ether oxygens (including phenoxy) is 5. The van der Waals surface area contributed by atoms with Crippen molar-refractivity contribution in [3.63, 3.8) is 0 Å². The van der Waals surface area contributed by atoms with Gasteiger partial charge in [-0.05, 0) is 18.6 Å². The van der Waals surface area contributed by atoms with Crippen LogP contribution in [0, 0.1) is 5.82 Å². The van der Waals surface area contributed by atoms with Gasteiger partial charge in [-0.3, -0.25) is 14.2 Å². The van der Waals surface area contributed by atoms with Crippen molar-refractivity contribution < 1.29 is 42.8 Å². The van der Waals surface area contributed by atoms with Gasteiger partial charge in [-0.25, -0.2) is 9.18 Å². The number of hydrogen-bond donors (Lipinski definition) is 2. The number of nitrogens with one attached hydrogen (secondary N) is 1. The zero-order chi connectivity index (χ0) is 37.2. The largest absolute Gasteiger partial charge is 0.493 e. The quantitative estimate of drug-likeness (QED) is 0.0645. The number of carbonyl (C=O) groups excluding carboxylic acids is 2. The number of carbonyl (C=O) groups is 2. The molecule has 12 nitrogen and oxygen atoms in total. The zero-order valence-electron chi connectivity index (χ0n) is 30.7. The molecule has 1 saturated heterocycles. The van der Waals surface area contributed by atoms with E-state index >= 15 is 4.39 Å². The molecule has 2 N–H and O–H groups in total. The molecule has 2 heterocycles. The van der Waals surface area contributed by atoms with Crippen LogP contribution in [0.25, 0.3) is 0 Å². The standard InChI is InChI=1S/C38H56FN3O9/c1-6-7-8-9-10-11-12-13-14-15-16-17-18-19-20-21-32(43)50-25-31-33(44)26(2)37(51-31)42-24-28(39)35(41-38(42)46)40-36(45)27-22-29(47-3)34(49-5)30(23-27)48-4/h22-24,31,33,37,44H,2,6-21,25H2,1,3-5H3,(H,40,41,45,46)/t31-,33+,37-/m1/s1. The van der Waals surface area contributed by atoms with Crippen molar-refractivity contribution >= 4 is 17.7 Å². The highest BCUT2D eigenvalue weighted by atomic mass is 19.1. The fraction of sp³-hybridized carbons (Fsp3) is 0.632. The van der Waals surface area contributed by atoms with Crippen molar-refractivity contribution in [3.8, 4) is 17.2 Å². The van der Waals surface area contributed by atoms with Crippen molar-refractivity contribution in [3.05, 3.63) is 52.3 Å². The molecule has 0 saturated carbocycles. The van der Waals surface area contributed by atoms with Gasteiger partial charge in [0.15, 0.2) is 29.4 Å². The lowest BCUT2D eigenvalue weighted by Crippen LogP contribution is -2.30. The lowest BCUT2D eigenvalue weighted by Gasteiger charge is -2.17. The van der Waals surface area contributed by atoms with Crippen molar-refractivity contribution in [2.24, 2.45) is 0 Å². The molecule has 0 bridgehead atoms. The van der Waals surface area contributed by atoms with Crippen LogP contribution in [0.15, 0.2) is 35.3 Å². The number of aromatic nitrogens is 2. The molecule has 51 heavy (non-hydrogen) atoms. The highest BCUT2D eigenvalue weighted by molar-refractivity contribution is 6.04. The minimum Gasteiger partial charge on any atom is -0.493 e. The van der Waals surface area contributed by atoms with E-state index in [1.165, 1.54) is 104 Å². The van der Waals surface area contributed by atoms with E-state index in [0.29, 0.717) is 6.42 Å². The third kappa shape index (κ3) is 12.6. The Balaban J connectivity index is 1.40. The Morgan fingerprint density at radius 1 is 0.902 bits per heavy atom. The number of unbranched alkanes of at least 4 members (excludes halogenated alkanes) is 14. The third-order valence-corrected chi connectivity index (χ3v) is 9.06. The highest BCUT2D eigenvalue weighted by Crippen LogP contribution is 2.38. The molecule has 1 aliphatic rings. The lowest BCUT2D eigenvalue weighted by atomic mass is 10.0. The topological polar surface area (TPSA) is 147 Å². The number of aliphatic hydroxyl groups excluding tert-OH is 1. The smallest absolute Gasteiger partial charge is 0.352 e. The average molecular weight is 718 g/mol. The number of halogens is 1. The molecule has 0 unspecified atom stereocenters. The van der Waals surface area contributed by atoms with E-state index in [2.05, 4.69) is 23.8 Å². The summed E-state index contributed by atoms with van der Waals surface area (Å²) in [7, 11) is 4.17. The van der Waals surface area contributed by atoms with Gasteiger partial charge in [0.2, 0.25) is 5.75 Å². The SMILES string of the molecule is C=C1[C@H](n2cc(F)c(NC(=O)c3cc(OC)c(OC)c(OC)c3)nc2=O)O[C@H](COC(=O)CCCCCCCCCCCCCCCCC)[C@H]1O.